The molecule has 0 saturated carbocycles. The first-order valence-corrected chi connectivity index (χ1v) is 6.68. The zero-order chi connectivity index (χ0) is 14.4. The third-order valence-electron chi connectivity index (χ3n) is 3.09. The lowest BCUT2D eigenvalue weighted by Gasteiger charge is -2.13. The summed E-state index contributed by atoms with van der Waals surface area (Å²) in [5.74, 6) is -0.209. The maximum Gasteiger partial charge on any atom is 0.127 e. The molecule has 1 aromatic carbocycles. The molecule has 0 aliphatic heterocycles. The second-order valence-electron chi connectivity index (χ2n) is 4.67. The number of halogens is 1. The second kappa shape index (κ2) is 7.12. The monoisotopic (exact) mass is 278 g/mol. The van der Waals surface area contributed by atoms with Crippen molar-refractivity contribution in [1.82, 2.24) is 20.3 Å². The van der Waals surface area contributed by atoms with E-state index in [4.69, 9.17) is 5.11 Å². The van der Waals surface area contributed by atoms with E-state index < -0.39 is 0 Å². The van der Waals surface area contributed by atoms with Gasteiger partial charge in [0, 0.05) is 37.5 Å². The molecular formula is C14H19FN4O. The van der Waals surface area contributed by atoms with E-state index in [0.29, 0.717) is 25.1 Å². The van der Waals surface area contributed by atoms with Crippen molar-refractivity contribution < 1.29 is 9.50 Å². The fourth-order valence-electron chi connectivity index (χ4n) is 1.96. The van der Waals surface area contributed by atoms with Gasteiger partial charge >= 0.3 is 0 Å². The fraction of sp³-hybridized carbons (Fsp3) is 0.429. The molecule has 1 heterocycles. The number of aromatic nitrogens is 3. The van der Waals surface area contributed by atoms with E-state index in [9.17, 15) is 4.39 Å². The number of hydrogen-bond donors (Lipinski definition) is 2. The predicted molar refractivity (Wildman–Crippen MR) is 73.4 cm³/mol. The number of rotatable bonds is 7. The molecule has 0 radical (unpaired) electrons. The smallest absolute Gasteiger partial charge is 0.127 e. The van der Waals surface area contributed by atoms with Crippen molar-refractivity contribution in [3.05, 3.63) is 47.5 Å². The van der Waals surface area contributed by atoms with Crippen LogP contribution in [0, 0.1) is 5.82 Å². The van der Waals surface area contributed by atoms with Gasteiger partial charge in [-0.1, -0.05) is 23.4 Å². The molecule has 2 rings (SSSR count). The lowest BCUT2D eigenvalue weighted by Crippen LogP contribution is -2.19. The van der Waals surface area contributed by atoms with Gasteiger partial charge in [-0.15, -0.1) is 5.10 Å². The standard InChI is InChI=1S/C14H19FN4O/c1-11(13-5-2-3-6-14(13)15)16-9-12-10-19(18-17-12)7-4-8-20/h2-3,5-6,10-11,16,20H,4,7-9H2,1H3. The number of aliphatic hydroxyl groups excluding tert-OH is 1. The van der Waals surface area contributed by atoms with Crippen molar-refractivity contribution in [2.75, 3.05) is 6.61 Å². The summed E-state index contributed by atoms with van der Waals surface area (Å²) < 4.78 is 15.3. The van der Waals surface area contributed by atoms with Gasteiger partial charge in [0.1, 0.15) is 5.82 Å². The largest absolute Gasteiger partial charge is 0.396 e. The lowest BCUT2D eigenvalue weighted by atomic mass is 10.1. The SMILES string of the molecule is CC(NCc1cn(CCCO)nn1)c1ccccc1F. The first-order valence-electron chi connectivity index (χ1n) is 6.68. The van der Waals surface area contributed by atoms with Crippen LogP contribution < -0.4 is 5.32 Å². The summed E-state index contributed by atoms with van der Waals surface area (Å²) in [5.41, 5.74) is 1.44. The van der Waals surface area contributed by atoms with Gasteiger partial charge < -0.3 is 10.4 Å². The zero-order valence-corrected chi connectivity index (χ0v) is 11.5. The molecule has 6 heteroatoms. The molecule has 5 nitrogen and oxygen atoms in total. The summed E-state index contributed by atoms with van der Waals surface area (Å²) >= 11 is 0. The number of hydrogen-bond acceptors (Lipinski definition) is 4. The fourth-order valence-corrected chi connectivity index (χ4v) is 1.96. The molecular weight excluding hydrogens is 259 g/mol. The van der Waals surface area contributed by atoms with Crippen molar-refractivity contribution in [2.45, 2.75) is 32.5 Å². The molecule has 108 valence electrons. The maximum absolute atomic E-state index is 13.6. The topological polar surface area (TPSA) is 63.0 Å². The van der Waals surface area contributed by atoms with E-state index in [1.165, 1.54) is 6.07 Å². The summed E-state index contributed by atoms with van der Waals surface area (Å²) in [7, 11) is 0. The highest BCUT2D eigenvalue weighted by atomic mass is 19.1. The average Bonchev–Trinajstić information content (AvgIpc) is 2.91. The van der Waals surface area contributed by atoms with E-state index >= 15 is 0 Å². The van der Waals surface area contributed by atoms with Crippen LogP contribution in [0.1, 0.15) is 30.6 Å². The predicted octanol–water partition coefficient (Wildman–Crippen LogP) is 1.65. The highest BCUT2D eigenvalue weighted by Gasteiger charge is 2.10. The Hall–Kier alpha value is -1.79. The van der Waals surface area contributed by atoms with Crippen LogP contribution in [-0.2, 0) is 13.1 Å². The highest BCUT2D eigenvalue weighted by Crippen LogP contribution is 2.16. The number of nitrogens with zero attached hydrogens (tertiary/aromatic N) is 3. The number of nitrogens with one attached hydrogen (secondary N) is 1. The first-order chi connectivity index (χ1) is 9.70. The summed E-state index contributed by atoms with van der Waals surface area (Å²) in [5, 5.41) is 20.0. The molecule has 0 aliphatic carbocycles. The van der Waals surface area contributed by atoms with Gasteiger partial charge in [0.2, 0.25) is 0 Å². The third kappa shape index (κ3) is 3.85. The van der Waals surface area contributed by atoms with Gasteiger partial charge in [-0.2, -0.15) is 0 Å². The molecule has 20 heavy (non-hydrogen) atoms. The van der Waals surface area contributed by atoms with Crippen LogP contribution >= 0.6 is 0 Å². The Bertz CT molecular complexity index is 543. The van der Waals surface area contributed by atoms with Gasteiger partial charge in [0.05, 0.1) is 5.69 Å². The Morgan fingerprint density at radius 2 is 2.20 bits per heavy atom. The Morgan fingerprint density at radius 1 is 1.40 bits per heavy atom. The van der Waals surface area contributed by atoms with E-state index in [1.54, 1.807) is 16.8 Å². The average molecular weight is 278 g/mol. The Balaban J connectivity index is 1.88. The van der Waals surface area contributed by atoms with Gasteiger partial charge in [-0.25, -0.2) is 4.39 Å². The summed E-state index contributed by atoms with van der Waals surface area (Å²) in [6, 6.07) is 6.63. The van der Waals surface area contributed by atoms with E-state index in [2.05, 4.69) is 15.6 Å². The molecule has 1 aromatic heterocycles. The first kappa shape index (κ1) is 14.6. The van der Waals surface area contributed by atoms with Gasteiger partial charge in [-0.05, 0) is 19.4 Å². The van der Waals surface area contributed by atoms with Crippen molar-refractivity contribution in [2.24, 2.45) is 0 Å². The molecule has 2 aromatic rings. The molecule has 0 fully saturated rings. The van der Waals surface area contributed by atoms with E-state index in [-0.39, 0.29) is 18.5 Å². The molecule has 2 N–H and O–H groups in total. The van der Waals surface area contributed by atoms with Crippen molar-refractivity contribution >= 4 is 0 Å². The lowest BCUT2D eigenvalue weighted by molar-refractivity contribution is 0.276. The van der Waals surface area contributed by atoms with Crippen LogP contribution in [0.15, 0.2) is 30.5 Å². The van der Waals surface area contributed by atoms with Crippen molar-refractivity contribution in [3.63, 3.8) is 0 Å². The van der Waals surface area contributed by atoms with Crippen LogP contribution in [0.4, 0.5) is 4.39 Å². The minimum Gasteiger partial charge on any atom is -0.396 e. The Kier molecular flexibility index (Phi) is 5.20. The molecule has 1 atom stereocenters. The van der Waals surface area contributed by atoms with Crippen molar-refractivity contribution in [3.8, 4) is 0 Å². The molecule has 1 unspecified atom stereocenters. The normalized spacial score (nSPS) is 12.6. The van der Waals surface area contributed by atoms with Crippen LogP contribution in [0.25, 0.3) is 0 Å². The molecule has 0 amide bonds. The number of aliphatic hydroxyl groups is 1. The van der Waals surface area contributed by atoms with Crippen LogP contribution in [0.3, 0.4) is 0 Å². The van der Waals surface area contributed by atoms with Crippen LogP contribution in [0.5, 0.6) is 0 Å². The quantitative estimate of drug-likeness (QED) is 0.808. The Labute approximate surface area is 117 Å². The third-order valence-corrected chi connectivity index (χ3v) is 3.09. The second-order valence-corrected chi connectivity index (χ2v) is 4.67. The minimum atomic E-state index is -0.209. The molecule has 0 spiro atoms. The summed E-state index contributed by atoms with van der Waals surface area (Å²) in [6.07, 6.45) is 2.48. The molecule has 0 saturated heterocycles. The Morgan fingerprint density at radius 3 is 2.95 bits per heavy atom. The van der Waals surface area contributed by atoms with Crippen molar-refractivity contribution in [1.29, 1.82) is 0 Å². The minimum absolute atomic E-state index is 0.0983. The van der Waals surface area contributed by atoms with Gasteiger partial charge in [0.25, 0.3) is 0 Å². The van der Waals surface area contributed by atoms with Gasteiger partial charge in [-0.3, -0.25) is 4.68 Å². The molecule has 0 bridgehead atoms. The van der Waals surface area contributed by atoms with E-state index in [0.717, 1.165) is 5.69 Å². The zero-order valence-electron chi connectivity index (χ0n) is 11.5. The van der Waals surface area contributed by atoms with Crippen LogP contribution in [-0.4, -0.2) is 26.7 Å². The number of benzene rings is 1. The van der Waals surface area contributed by atoms with Crippen LogP contribution in [0.2, 0.25) is 0 Å². The van der Waals surface area contributed by atoms with E-state index in [1.807, 2.05) is 19.2 Å². The van der Waals surface area contributed by atoms with Gasteiger partial charge in [0.15, 0.2) is 0 Å². The highest BCUT2D eigenvalue weighted by molar-refractivity contribution is 5.20. The molecule has 0 aliphatic rings. The number of aryl methyl sites for hydroxylation is 1. The summed E-state index contributed by atoms with van der Waals surface area (Å²) in [4.78, 5) is 0. The summed E-state index contributed by atoms with van der Waals surface area (Å²) in [6.45, 7) is 3.22. The maximum atomic E-state index is 13.6.